The molecular formula is C11H15Cl2NO2S2. The van der Waals surface area contributed by atoms with E-state index in [9.17, 15) is 8.42 Å². The Hall–Kier alpha value is 0.0600. The van der Waals surface area contributed by atoms with Crippen LogP contribution in [0.3, 0.4) is 0 Å². The lowest BCUT2D eigenvalue weighted by molar-refractivity contribution is 0.415. The third-order valence-electron chi connectivity index (χ3n) is 2.54. The predicted molar refractivity (Wildman–Crippen MR) is 79.3 cm³/mol. The van der Waals surface area contributed by atoms with E-state index in [0.29, 0.717) is 10.0 Å². The maximum Gasteiger partial charge on any atom is 0.243 e. The molecule has 3 nitrogen and oxygen atoms in total. The van der Waals surface area contributed by atoms with E-state index in [1.807, 2.05) is 13.2 Å². The molecule has 0 aliphatic carbocycles. The third-order valence-corrected chi connectivity index (χ3v) is 5.74. The van der Waals surface area contributed by atoms with Gasteiger partial charge in [0.15, 0.2) is 0 Å². The van der Waals surface area contributed by atoms with Crippen molar-refractivity contribution in [2.45, 2.75) is 17.9 Å². The molecule has 0 aromatic heterocycles. The van der Waals surface area contributed by atoms with Gasteiger partial charge in [-0.2, -0.15) is 16.1 Å². The van der Waals surface area contributed by atoms with Crippen LogP contribution < -0.4 is 0 Å². The Morgan fingerprint density at radius 3 is 2.22 bits per heavy atom. The molecule has 1 aromatic carbocycles. The summed E-state index contributed by atoms with van der Waals surface area (Å²) in [5, 5.41) is 0.624. The van der Waals surface area contributed by atoms with Crippen LogP contribution in [0, 0.1) is 0 Å². The normalized spacial score (nSPS) is 13.9. The summed E-state index contributed by atoms with van der Waals surface area (Å²) < 4.78 is 26.0. The van der Waals surface area contributed by atoms with Gasteiger partial charge in [-0.3, -0.25) is 0 Å². The molecule has 0 aliphatic heterocycles. The van der Waals surface area contributed by atoms with Gasteiger partial charge in [0.1, 0.15) is 0 Å². The number of thioether (sulfide) groups is 1. The lowest BCUT2D eigenvalue weighted by Gasteiger charge is -2.23. The van der Waals surface area contributed by atoms with Crippen LogP contribution in [0.4, 0.5) is 0 Å². The summed E-state index contributed by atoms with van der Waals surface area (Å²) in [6.07, 6.45) is 1.94. The predicted octanol–water partition coefficient (Wildman–Crippen LogP) is 3.37. The second kappa shape index (κ2) is 6.48. The van der Waals surface area contributed by atoms with Crippen LogP contribution in [-0.2, 0) is 10.0 Å². The van der Waals surface area contributed by atoms with Crippen molar-refractivity contribution in [3.8, 4) is 0 Å². The molecule has 1 atom stereocenters. The van der Waals surface area contributed by atoms with E-state index >= 15 is 0 Å². The zero-order valence-corrected chi connectivity index (χ0v) is 13.5. The Morgan fingerprint density at radius 2 is 1.78 bits per heavy atom. The monoisotopic (exact) mass is 327 g/mol. The zero-order valence-electron chi connectivity index (χ0n) is 10.4. The van der Waals surface area contributed by atoms with Crippen molar-refractivity contribution in [3.63, 3.8) is 0 Å². The van der Waals surface area contributed by atoms with Gasteiger partial charge in [-0.15, -0.1) is 0 Å². The van der Waals surface area contributed by atoms with Gasteiger partial charge in [-0.05, 0) is 31.4 Å². The Bertz CT molecular complexity index is 500. The summed E-state index contributed by atoms with van der Waals surface area (Å²) in [5.41, 5.74) is 0. The fourth-order valence-corrected chi connectivity index (χ4v) is 4.32. The number of hydrogen-bond donors (Lipinski definition) is 0. The minimum absolute atomic E-state index is 0.0947. The van der Waals surface area contributed by atoms with Gasteiger partial charge in [0.25, 0.3) is 0 Å². The topological polar surface area (TPSA) is 37.4 Å². The van der Waals surface area contributed by atoms with Crippen LogP contribution in [0.15, 0.2) is 23.1 Å². The van der Waals surface area contributed by atoms with Crippen LogP contribution in [0.2, 0.25) is 10.0 Å². The summed E-state index contributed by atoms with van der Waals surface area (Å²) in [4.78, 5) is 0.121. The Labute approximate surface area is 123 Å². The SMILES string of the molecule is CSC[C@H](C)N(C)S(=O)(=O)c1cc(Cl)cc(Cl)c1. The molecule has 0 bridgehead atoms. The summed E-state index contributed by atoms with van der Waals surface area (Å²) >= 11 is 13.3. The van der Waals surface area contributed by atoms with Crippen molar-refractivity contribution in [2.75, 3.05) is 19.1 Å². The second-order valence-corrected chi connectivity index (χ2v) is 7.71. The first-order valence-electron chi connectivity index (χ1n) is 5.22. The lowest BCUT2D eigenvalue weighted by Crippen LogP contribution is -2.36. The molecule has 0 heterocycles. The average Bonchev–Trinajstić information content (AvgIpc) is 2.27. The Balaban J connectivity index is 3.13. The molecule has 18 heavy (non-hydrogen) atoms. The maximum atomic E-state index is 12.4. The molecule has 0 saturated heterocycles. The van der Waals surface area contributed by atoms with Gasteiger partial charge in [-0.1, -0.05) is 23.2 Å². The number of nitrogens with zero attached hydrogens (tertiary/aromatic N) is 1. The highest BCUT2D eigenvalue weighted by Gasteiger charge is 2.25. The van der Waals surface area contributed by atoms with Crippen molar-refractivity contribution < 1.29 is 8.42 Å². The number of hydrogen-bond acceptors (Lipinski definition) is 3. The van der Waals surface area contributed by atoms with E-state index in [2.05, 4.69) is 0 Å². The fraction of sp³-hybridized carbons (Fsp3) is 0.455. The molecule has 0 fully saturated rings. The number of halogens is 2. The van der Waals surface area contributed by atoms with E-state index in [0.717, 1.165) is 5.75 Å². The zero-order chi connectivity index (χ0) is 13.9. The van der Waals surface area contributed by atoms with Gasteiger partial charge in [0.05, 0.1) is 4.90 Å². The molecule has 0 radical (unpaired) electrons. The number of benzene rings is 1. The van der Waals surface area contributed by atoms with Crippen molar-refractivity contribution >= 4 is 45.0 Å². The number of sulfonamides is 1. The van der Waals surface area contributed by atoms with E-state index in [1.165, 1.54) is 22.5 Å². The average molecular weight is 328 g/mol. The molecule has 1 aromatic rings. The molecule has 0 spiro atoms. The van der Waals surface area contributed by atoms with Crippen LogP contribution in [0.25, 0.3) is 0 Å². The molecule has 0 aliphatic rings. The first kappa shape index (κ1) is 16.1. The van der Waals surface area contributed by atoms with Crippen LogP contribution in [0.1, 0.15) is 6.92 Å². The van der Waals surface area contributed by atoms with E-state index in [4.69, 9.17) is 23.2 Å². The molecule has 0 N–H and O–H groups in total. The minimum Gasteiger partial charge on any atom is -0.207 e. The lowest BCUT2D eigenvalue weighted by atomic mass is 10.4. The highest BCUT2D eigenvalue weighted by Crippen LogP contribution is 2.25. The molecular weight excluding hydrogens is 313 g/mol. The van der Waals surface area contributed by atoms with Crippen molar-refractivity contribution in [2.24, 2.45) is 0 Å². The van der Waals surface area contributed by atoms with Crippen LogP contribution in [-0.4, -0.2) is 37.8 Å². The first-order chi connectivity index (χ1) is 8.28. The maximum absolute atomic E-state index is 12.4. The fourth-order valence-electron chi connectivity index (χ4n) is 1.43. The van der Waals surface area contributed by atoms with Crippen LogP contribution >= 0.6 is 35.0 Å². The summed E-state index contributed by atoms with van der Waals surface area (Å²) in [5.74, 6) is 0.726. The quantitative estimate of drug-likeness (QED) is 0.832. The Morgan fingerprint density at radius 1 is 1.28 bits per heavy atom. The summed E-state index contributed by atoms with van der Waals surface area (Å²) in [6.45, 7) is 1.86. The van der Waals surface area contributed by atoms with Gasteiger partial charge in [-0.25, -0.2) is 8.42 Å². The van der Waals surface area contributed by atoms with Gasteiger partial charge in [0.2, 0.25) is 10.0 Å². The van der Waals surface area contributed by atoms with E-state index in [1.54, 1.807) is 18.8 Å². The molecule has 0 unspecified atom stereocenters. The van der Waals surface area contributed by atoms with Crippen molar-refractivity contribution in [1.82, 2.24) is 4.31 Å². The summed E-state index contributed by atoms with van der Waals surface area (Å²) in [6, 6.07) is 4.23. The van der Waals surface area contributed by atoms with Gasteiger partial charge in [0, 0.05) is 28.9 Å². The van der Waals surface area contributed by atoms with Crippen molar-refractivity contribution in [1.29, 1.82) is 0 Å². The molecule has 1 rings (SSSR count). The molecule has 7 heteroatoms. The smallest absolute Gasteiger partial charge is 0.207 e. The minimum atomic E-state index is -3.55. The Kier molecular flexibility index (Phi) is 5.80. The van der Waals surface area contributed by atoms with Crippen molar-refractivity contribution in [3.05, 3.63) is 28.2 Å². The highest BCUT2D eigenvalue weighted by atomic mass is 35.5. The summed E-state index contributed by atoms with van der Waals surface area (Å²) in [7, 11) is -1.99. The first-order valence-corrected chi connectivity index (χ1v) is 8.81. The molecule has 0 saturated carbocycles. The van der Waals surface area contributed by atoms with Crippen LogP contribution in [0.5, 0.6) is 0 Å². The second-order valence-electron chi connectivity index (χ2n) is 3.93. The highest BCUT2D eigenvalue weighted by molar-refractivity contribution is 7.98. The molecule has 102 valence electrons. The molecule has 0 amide bonds. The third kappa shape index (κ3) is 3.78. The van der Waals surface area contributed by atoms with Gasteiger partial charge < -0.3 is 0 Å². The largest absolute Gasteiger partial charge is 0.243 e. The van der Waals surface area contributed by atoms with Gasteiger partial charge >= 0.3 is 0 Å². The van der Waals surface area contributed by atoms with E-state index in [-0.39, 0.29) is 10.9 Å². The standard InChI is InChI=1S/C11H15Cl2NO2S2/c1-8(7-17-3)14(2)18(15,16)11-5-9(12)4-10(13)6-11/h4-6,8H,7H2,1-3H3/t8-/m0/s1. The number of rotatable bonds is 5. The van der Waals surface area contributed by atoms with E-state index < -0.39 is 10.0 Å².